The van der Waals surface area contributed by atoms with E-state index < -0.39 is 0 Å². The second-order valence-electron chi connectivity index (χ2n) is 5.62. The number of aldehydes is 1. The van der Waals surface area contributed by atoms with Crippen LogP contribution in [0.4, 0.5) is 0 Å². The lowest BCUT2D eigenvalue weighted by molar-refractivity contribution is -0.111. The quantitative estimate of drug-likeness (QED) is 0.562. The van der Waals surface area contributed by atoms with Crippen molar-refractivity contribution in [2.75, 3.05) is 5.75 Å². The fourth-order valence-electron chi connectivity index (χ4n) is 2.95. The molecule has 2 saturated carbocycles. The zero-order valence-electron chi connectivity index (χ0n) is 10.4. The van der Waals surface area contributed by atoms with Gasteiger partial charge in [-0.1, -0.05) is 0 Å². The monoisotopic (exact) mass is 274 g/mol. The minimum absolute atomic E-state index is 0.360. The summed E-state index contributed by atoms with van der Waals surface area (Å²) >= 11 is 8.28. The highest BCUT2D eigenvalue weighted by atomic mass is 35.5. The highest BCUT2D eigenvalue weighted by Crippen LogP contribution is 2.35. The Morgan fingerprint density at radius 1 is 1.00 bits per heavy atom. The number of halogens is 1. The molecule has 3 heteroatoms. The van der Waals surface area contributed by atoms with E-state index in [1.807, 2.05) is 0 Å². The largest absolute Gasteiger partial charge is 0.303 e. The first-order valence-corrected chi connectivity index (χ1v) is 8.47. The standard InChI is InChI=1S/C14H23ClOS/c15-13-5-1-12(2-6-13)10-17-14-7-3-11(9-16)4-8-14/h9,11-14H,1-8,10H2. The number of rotatable bonds is 4. The van der Waals surface area contributed by atoms with Gasteiger partial charge in [0.25, 0.3) is 0 Å². The molecular weight excluding hydrogens is 252 g/mol. The average molecular weight is 275 g/mol. The minimum atomic E-state index is 0.360. The molecule has 0 bridgehead atoms. The molecule has 0 aromatic carbocycles. The van der Waals surface area contributed by atoms with Crippen LogP contribution in [0.5, 0.6) is 0 Å². The average Bonchev–Trinajstić information content (AvgIpc) is 2.39. The summed E-state index contributed by atoms with van der Waals surface area (Å²) in [7, 11) is 0. The summed E-state index contributed by atoms with van der Waals surface area (Å²) in [5.74, 6) is 2.58. The van der Waals surface area contributed by atoms with Crippen LogP contribution >= 0.6 is 23.4 Å². The van der Waals surface area contributed by atoms with E-state index in [1.165, 1.54) is 44.3 Å². The van der Waals surface area contributed by atoms with Gasteiger partial charge in [0, 0.05) is 16.5 Å². The normalized spacial score (nSPS) is 38.9. The number of hydrogen-bond acceptors (Lipinski definition) is 2. The van der Waals surface area contributed by atoms with Crippen molar-refractivity contribution in [1.29, 1.82) is 0 Å². The molecule has 2 aliphatic rings. The lowest BCUT2D eigenvalue weighted by Gasteiger charge is -2.29. The van der Waals surface area contributed by atoms with Gasteiger partial charge in [0.1, 0.15) is 6.29 Å². The summed E-state index contributed by atoms with van der Waals surface area (Å²) in [6.45, 7) is 0. The maximum absolute atomic E-state index is 10.7. The fourth-order valence-corrected chi connectivity index (χ4v) is 4.69. The van der Waals surface area contributed by atoms with Gasteiger partial charge < -0.3 is 4.79 Å². The molecule has 98 valence electrons. The molecule has 0 N–H and O–H groups in total. The Morgan fingerprint density at radius 2 is 1.65 bits per heavy atom. The molecule has 0 radical (unpaired) electrons. The number of alkyl halides is 1. The highest BCUT2D eigenvalue weighted by Gasteiger charge is 2.24. The Kier molecular flexibility index (Phi) is 5.68. The van der Waals surface area contributed by atoms with Gasteiger partial charge >= 0.3 is 0 Å². The Hall–Kier alpha value is 0.310. The maximum atomic E-state index is 10.7. The fraction of sp³-hybridized carbons (Fsp3) is 0.929. The van der Waals surface area contributed by atoms with Gasteiger partial charge in [-0.15, -0.1) is 11.6 Å². The first-order valence-electron chi connectivity index (χ1n) is 6.99. The summed E-state index contributed by atoms with van der Waals surface area (Å²) in [5, 5.41) is 1.26. The SMILES string of the molecule is O=CC1CCC(SCC2CCC(Cl)CC2)CC1. The molecule has 0 spiro atoms. The van der Waals surface area contributed by atoms with Crippen molar-refractivity contribution < 1.29 is 4.79 Å². The van der Waals surface area contributed by atoms with Crippen molar-refractivity contribution in [3.63, 3.8) is 0 Å². The zero-order valence-corrected chi connectivity index (χ0v) is 12.0. The molecule has 0 aromatic heterocycles. The van der Waals surface area contributed by atoms with E-state index in [9.17, 15) is 4.79 Å². The van der Waals surface area contributed by atoms with Crippen molar-refractivity contribution in [2.45, 2.75) is 62.0 Å². The van der Waals surface area contributed by atoms with Crippen LogP contribution in [0.1, 0.15) is 51.4 Å². The first kappa shape index (κ1) is 13.7. The third-order valence-corrected chi connectivity index (χ3v) is 6.30. The molecule has 2 aliphatic carbocycles. The lowest BCUT2D eigenvalue weighted by Crippen LogP contribution is -2.20. The molecule has 0 unspecified atom stereocenters. The van der Waals surface area contributed by atoms with E-state index in [2.05, 4.69) is 11.8 Å². The number of hydrogen-bond donors (Lipinski definition) is 0. The predicted octanol–water partition coefficient (Wildman–Crippen LogP) is 4.27. The minimum Gasteiger partial charge on any atom is -0.303 e. The van der Waals surface area contributed by atoms with Gasteiger partial charge in [-0.25, -0.2) is 0 Å². The van der Waals surface area contributed by atoms with Crippen molar-refractivity contribution in [3.05, 3.63) is 0 Å². The molecular formula is C14H23ClOS. The molecule has 0 heterocycles. The predicted molar refractivity (Wildman–Crippen MR) is 75.9 cm³/mol. The van der Waals surface area contributed by atoms with Crippen LogP contribution in [0.15, 0.2) is 0 Å². The summed E-state index contributed by atoms with van der Waals surface area (Å²) in [6, 6.07) is 0. The van der Waals surface area contributed by atoms with Crippen molar-refractivity contribution in [3.8, 4) is 0 Å². The van der Waals surface area contributed by atoms with Crippen molar-refractivity contribution in [1.82, 2.24) is 0 Å². The molecule has 0 amide bonds. The molecule has 1 nitrogen and oxygen atoms in total. The van der Waals surface area contributed by atoms with Gasteiger partial charge in [-0.3, -0.25) is 0 Å². The second-order valence-corrected chi connectivity index (χ2v) is 7.57. The Balaban J connectivity index is 1.61. The van der Waals surface area contributed by atoms with E-state index in [-0.39, 0.29) is 0 Å². The molecule has 0 atom stereocenters. The summed E-state index contributed by atoms with van der Waals surface area (Å²) < 4.78 is 0. The Morgan fingerprint density at radius 3 is 2.24 bits per heavy atom. The number of carbonyl (C=O) groups excluding carboxylic acids is 1. The molecule has 0 aliphatic heterocycles. The number of carbonyl (C=O) groups is 1. The first-order chi connectivity index (χ1) is 8.28. The van der Waals surface area contributed by atoms with Crippen LogP contribution in [-0.4, -0.2) is 22.7 Å². The lowest BCUT2D eigenvalue weighted by atomic mass is 9.90. The van der Waals surface area contributed by atoms with Crippen molar-refractivity contribution >= 4 is 29.6 Å². The van der Waals surface area contributed by atoms with E-state index in [1.54, 1.807) is 0 Å². The van der Waals surface area contributed by atoms with E-state index >= 15 is 0 Å². The third-order valence-electron chi connectivity index (χ3n) is 4.26. The molecule has 2 rings (SSSR count). The van der Waals surface area contributed by atoms with Gasteiger partial charge in [-0.2, -0.15) is 11.8 Å². The zero-order chi connectivity index (χ0) is 12.1. The van der Waals surface area contributed by atoms with Crippen molar-refractivity contribution in [2.24, 2.45) is 11.8 Å². The summed E-state index contributed by atoms with van der Waals surface area (Å²) in [6.07, 6.45) is 11.0. The van der Waals surface area contributed by atoms with Crippen LogP contribution in [-0.2, 0) is 4.79 Å². The van der Waals surface area contributed by atoms with E-state index in [4.69, 9.17) is 11.6 Å². The Bertz CT molecular complexity index is 230. The highest BCUT2D eigenvalue weighted by molar-refractivity contribution is 7.99. The summed E-state index contributed by atoms with van der Waals surface area (Å²) in [4.78, 5) is 10.7. The maximum Gasteiger partial charge on any atom is 0.123 e. The van der Waals surface area contributed by atoms with Gasteiger partial charge in [0.15, 0.2) is 0 Å². The topological polar surface area (TPSA) is 17.1 Å². The van der Waals surface area contributed by atoms with Gasteiger partial charge in [-0.05, 0) is 63.0 Å². The van der Waals surface area contributed by atoms with Crippen LogP contribution < -0.4 is 0 Å². The molecule has 17 heavy (non-hydrogen) atoms. The molecule has 0 aromatic rings. The third kappa shape index (κ3) is 4.48. The number of thioether (sulfide) groups is 1. The van der Waals surface area contributed by atoms with Gasteiger partial charge in [0.2, 0.25) is 0 Å². The Labute approximate surface area is 114 Å². The molecule has 2 fully saturated rings. The van der Waals surface area contributed by atoms with Crippen LogP contribution in [0.25, 0.3) is 0 Å². The summed E-state index contributed by atoms with van der Waals surface area (Å²) in [5.41, 5.74) is 0. The molecule has 0 saturated heterocycles. The van der Waals surface area contributed by atoms with E-state index in [0.29, 0.717) is 11.3 Å². The second kappa shape index (κ2) is 7.04. The van der Waals surface area contributed by atoms with Crippen LogP contribution in [0.2, 0.25) is 0 Å². The van der Waals surface area contributed by atoms with Crippen LogP contribution in [0, 0.1) is 11.8 Å². The smallest absolute Gasteiger partial charge is 0.123 e. The van der Waals surface area contributed by atoms with E-state index in [0.717, 1.165) is 30.3 Å². The van der Waals surface area contributed by atoms with Crippen LogP contribution in [0.3, 0.4) is 0 Å². The van der Waals surface area contributed by atoms with Gasteiger partial charge in [0.05, 0.1) is 0 Å².